The van der Waals surface area contributed by atoms with Gasteiger partial charge in [0.05, 0.1) is 11.4 Å². The highest BCUT2D eigenvalue weighted by Crippen LogP contribution is 2.45. The van der Waals surface area contributed by atoms with Crippen molar-refractivity contribution in [3.63, 3.8) is 0 Å². The first-order valence-electron chi connectivity index (χ1n) is 22.0. The molecule has 2 heterocycles. The fourth-order valence-electron chi connectivity index (χ4n) is 8.87. The Balaban J connectivity index is 0.835. The summed E-state index contributed by atoms with van der Waals surface area (Å²) in [6.45, 7) is 4.81. The van der Waals surface area contributed by atoms with Gasteiger partial charge in [-0.05, 0) is 112 Å². The van der Waals surface area contributed by atoms with Gasteiger partial charge in [0.1, 0.15) is 12.2 Å². The van der Waals surface area contributed by atoms with Gasteiger partial charge in [-0.2, -0.15) is 0 Å². The molecule has 0 saturated carbocycles. The lowest BCUT2D eigenvalue weighted by atomic mass is 9.97. The fourth-order valence-corrected chi connectivity index (χ4v) is 8.87. The number of hydrogen-bond acceptors (Lipinski definition) is 4. The first kappa shape index (κ1) is 39.3. The molecule has 0 saturated heterocycles. The summed E-state index contributed by atoms with van der Waals surface area (Å²) < 4.78 is 12.9. The maximum absolute atomic E-state index is 6.49. The largest absolute Gasteiger partial charge is 0.487 e. The third-order valence-electron chi connectivity index (χ3n) is 12.1. The second-order valence-corrected chi connectivity index (χ2v) is 16.1. The number of nitrogens with zero attached hydrogens (tertiary/aromatic N) is 2. The van der Waals surface area contributed by atoms with Gasteiger partial charge in [-0.25, -0.2) is 0 Å². The van der Waals surface area contributed by atoms with Crippen LogP contribution in [-0.4, -0.2) is 6.61 Å². The molecule has 1 aromatic heterocycles. The molecule has 310 valence electrons. The molecule has 0 radical (unpaired) electrons. The molecule has 0 bridgehead atoms. The van der Waals surface area contributed by atoms with E-state index >= 15 is 0 Å². The normalized spacial score (nSPS) is 13.3. The summed E-state index contributed by atoms with van der Waals surface area (Å²) in [5.41, 5.74) is 16.8. The quantitative estimate of drug-likeness (QED) is 0.145. The zero-order valence-electron chi connectivity index (χ0n) is 35.7. The molecule has 0 fully saturated rings. The van der Waals surface area contributed by atoms with Gasteiger partial charge in [-0.15, -0.1) is 0 Å². The van der Waals surface area contributed by atoms with Crippen molar-refractivity contribution in [2.75, 3.05) is 16.4 Å². The molecule has 0 aliphatic carbocycles. The van der Waals surface area contributed by atoms with E-state index in [9.17, 15) is 0 Å². The Kier molecular flexibility index (Phi) is 10.4. The summed E-state index contributed by atoms with van der Waals surface area (Å²) in [6, 6.07) is 77.1. The van der Waals surface area contributed by atoms with Crippen LogP contribution in [0.1, 0.15) is 5.56 Å². The molecular weight excluding hydrogens is 793 g/mol. The Morgan fingerprint density at radius 2 is 0.831 bits per heavy atom. The summed E-state index contributed by atoms with van der Waals surface area (Å²) in [6.07, 6.45) is 8.06. The number of allylic oxidation sites excluding steroid dienone is 4. The van der Waals surface area contributed by atoms with Crippen LogP contribution in [0.25, 0.3) is 60.9 Å². The smallest absolute Gasteiger partial charge is 0.159 e. The summed E-state index contributed by atoms with van der Waals surface area (Å²) in [4.78, 5) is 4.53. The number of benzene rings is 9. The number of furan rings is 1. The maximum atomic E-state index is 6.49. The molecule has 0 spiro atoms. The monoisotopic (exact) mass is 836 g/mol. The van der Waals surface area contributed by atoms with Crippen LogP contribution in [-0.2, 0) is 0 Å². The number of ether oxygens (including phenoxy) is 1. The first-order chi connectivity index (χ1) is 32.2. The van der Waals surface area contributed by atoms with Crippen LogP contribution < -0.4 is 14.5 Å². The zero-order valence-corrected chi connectivity index (χ0v) is 35.7. The van der Waals surface area contributed by atoms with E-state index < -0.39 is 0 Å². The molecule has 4 heteroatoms. The number of rotatable bonds is 9. The Morgan fingerprint density at radius 3 is 1.40 bits per heavy atom. The number of para-hydroxylation sites is 5. The SMILES string of the molecule is C=C1/C=C\C=C/COc2c1cccc2N(c1ccccc1)c1ccc(-c2ccc(-c3ccc(-c4ccc(N(c5ccccc5)c5cccc6c5oc5ccccc56)cc4)cc3)cc2)cc1. The Hall–Kier alpha value is -8.60. The van der Waals surface area contributed by atoms with Crippen LogP contribution in [0, 0.1) is 0 Å². The van der Waals surface area contributed by atoms with Crippen molar-refractivity contribution in [2.24, 2.45) is 0 Å². The third kappa shape index (κ3) is 7.68. The molecule has 1 aliphatic rings. The van der Waals surface area contributed by atoms with Crippen LogP contribution >= 0.6 is 0 Å². The molecule has 1 aliphatic heterocycles. The maximum Gasteiger partial charge on any atom is 0.159 e. The van der Waals surface area contributed by atoms with Crippen LogP contribution in [0.2, 0.25) is 0 Å². The molecule has 11 rings (SSSR count). The van der Waals surface area contributed by atoms with Crippen molar-refractivity contribution in [1.82, 2.24) is 0 Å². The lowest BCUT2D eigenvalue weighted by molar-refractivity contribution is 0.363. The van der Waals surface area contributed by atoms with Gasteiger partial charge in [0.25, 0.3) is 0 Å². The van der Waals surface area contributed by atoms with Gasteiger partial charge in [-0.1, -0.05) is 176 Å². The third-order valence-corrected chi connectivity index (χ3v) is 12.1. The van der Waals surface area contributed by atoms with E-state index in [0.29, 0.717) is 6.61 Å². The summed E-state index contributed by atoms with van der Waals surface area (Å²) in [5, 5.41) is 2.22. The van der Waals surface area contributed by atoms with Gasteiger partial charge < -0.3 is 19.0 Å². The molecule has 0 atom stereocenters. The van der Waals surface area contributed by atoms with Crippen molar-refractivity contribution in [3.8, 4) is 39.1 Å². The van der Waals surface area contributed by atoms with E-state index in [1.54, 1.807) is 0 Å². The van der Waals surface area contributed by atoms with Gasteiger partial charge in [0.2, 0.25) is 0 Å². The highest BCUT2D eigenvalue weighted by atomic mass is 16.5. The van der Waals surface area contributed by atoms with Gasteiger partial charge in [0, 0.05) is 39.1 Å². The predicted octanol–water partition coefficient (Wildman–Crippen LogP) is 17.0. The van der Waals surface area contributed by atoms with E-state index in [4.69, 9.17) is 9.15 Å². The summed E-state index contributed by atoms with van der Waals surface area (Å²) in [5.74, 6) is 0.808. The number of hydrogen-bond donors (Lipinski definition) is 0. The highest BCUT2D eigenvalue weighted by Gasteiger charge is 2.22. The Labute approximate surface area is 379 Å². The van der Waals surface area contributed by atoms with Crippen LogP contribution in [0.5, 0.6) is 5.75 Å². The molecule has 9 aromatic carbocycles. The first-order valence-corrected chi connectivity index (χ1v) is 22.0. The van der Waals surface area contributed by atoms with Crippen LogP contribution in [0.15, 0.2) is 254 Å². The predicted molar refractivity (Wildman–Crippen MR) is 272 cm³/mol. The topological polar surface area (TPSA) is 28.9 Å². The molecular formula is C61H44N2O2. The van der Waals surface area contributed by atoms with E-state index in [1.807, 2.05) is 42.5 Å². The molecule has 4 nitrogen and oxygen atoms in total. The highest BCUT2D eigenvalue weighted by molar-refractivity contribution is 6.10. The van der Waals surface area contributed by atoms with Crippen molar-refractivity contribution < 1.29 is 9.15 Å². The minimum Gasteiger partial charge on any atom is -0.487 e. The summed E-state index contributed by atoms with van der Waals surface area (Å²) in [7, 11) is 0. The van der Waals surface area contributed by atoms with Gasteiger partial charge in [-0.3, -0.25) is 0 Å². The second-order valence-electron chi connectivity index (χ2n) is 16.1. The van der Waals surface area contributed by atoms with Gasteiger partial charge >= 0.3 is 0 Å². The lowest BCUT2D eigenvalue weighted by Crippen LogP contribution is -2.12. The van der Waals surface area contributed by atoms with E-state index in [-0.39, 0.29) is 0 Å². The minimum atomic E-state index is 0.468. The fraction of sp³-hybridized carbons (Fsp3) is 0.0164. The molecule has 10 aromatic rings. The average molecular weight is 837 g/mol. The molecule has 65 heavy (non-hydrogen) atoms. The lowest BCUT2D eigenvalue weighted by Gasteiger charge is -2.28. The van der Waals surface area contributed by atoms with E-state index in [2.05, 4.69) is 217 Å². The molecule has 0 amide bonds. The minimum absolute atomic E-state index is 0.468. The van der Waals surface area contributed by atoms with Crippen molar-refractivity contribution in [2.45, 2.75) is 0 Å². The molecule has 0 unspecified atom stereocenters. The van der Waals surface area contributed by atoms with Crippen molar-refractivity contribution in [1.29, 1.82) is 0 Å². The van der Waals surface area contributed by atoms with Crippen molar-refractivity contribution in [3.05, 3.63) is 255 Å². The molecule has 0 N–H and O–H groups in total. The number of anilines is 6. The van der Waals surface area contributed by atoms with Crippen LogP contribution in [0.3, 0.4) is 0 Å². The van der Waals surface area contributed by atoms with Crippen LogP contribution in [0.4, 0.5) is 34.1 Å². The standard InChI is InChI=1S/C61H44N2O2/c1-43-15-5-4-12-42-64-60-54(43)21-13-23-57(60)62(50-16-6-2-7-17-50)52-38-34-48(35-39-52)46-30-26-44(27-31-46)45-28-32-47(33-29-45)49-36-40-53(41-37-49)63(51-18-8-3-9-19-51)58-24-14-22-56-55-20-10-11-25-59(55)65-61(56)58/h2-41H,1,42H2/b12-4-,15-5-. The second kappa shape index (κ2) is 17.3. The zero-order chi connectivity index (χ0) is 43.5. The van der Waals surface area contributed by atoms with Crippen molar-refractivity contribution >= 4 is 61.6 Å². The van der Waals surface area contributed by atoms with E-state index in [0.717, 1.165) is 95.2 Å². The Morgan fingerprint density at radius 1 is 0.385 bits per heavy atom. The Bertz CT molecular complexity index is 3350. The summed E-state index contributed by atoms with van der Waals surface area (Å²) >= 11 is 0. The number of fused-ring (bicyclic) bond motifs is 4. The van der Waals surface area contributed by atoms with E-state index in [1.165, 1.54) is 11.1 Å². The average Bonchev–Trinajstić information content (AvgIpc) is 3.79. The van der Waals surface area contributed by atoms with Gasteiger partial charge in [0.15, 0.2) is 11.3 Å².